The van der Waals surface area contributed by atoms with Crippen LogP contribution in [0.2, 0.25) is 0 Å². The number of allylic oxidation sites excluding steroid dienone is 1. The van der Waals surface area contributed by atoms with Crippen molar-refractivity contribution in [3.63, 3.8) is 0 Å². The number of benzene rings is 1. The number of nitrogens with zero attached hydrogens (tertiary/aromatic N) is 1. The van der Waals surface area contributed by atoms with Crippen molar-refractivity contribution in [3.05, 3.63) is 48.0 Å². The van der Waals surface area contributed by atoms with E-state index >= 15 is 0 Å². The zero-order valence-corrected chi connectivity index (χ0v) is 15.1. The first-order valence-corrected chi connectivity index (χ1v) is 8.92. The highest BCUT2D eigenvalue weighted by molar-refractivity contribution is 5.82. The van der Waals surface area contributed by atoms with Gasteiger partial charge >= 0.3 is 6.18 Å². The highest BCUT2D eigenvalue weighted by Crippen LogP contribution is 2.20. The summed E-state index contributed by atoms with van der Waals surface area (Å²) in [4.78, 5) is 3.62. The summed E-state index contributed by atoms with van der Waals surface area (Å²) in [6, 6.07) is 9.95. The van der Waals surface area contributed by atoms with E-state index in [1.165, 1.54) is 5.56 Å². The largest absolute Gasteiger partial charge is 0.468 e. The predicted octanol–water partition coefficient (Wildman–Crippen LogP) is 6.12. The molecule has 0 saturated heterocycles. The third-order valence-electron chi connectivity index (χ3n) is 3.66. The highest BCUT2D eigenvalue weighted by atomic mass is 19.4. The van der Waals surface area contributed by atoms with E-state index in [0.717, 1.165) is 32.1 Å². The van der Waals surface area contributed by atoms with E-state index in [1.807, 2.05) is 36.4 Å². The van der Waals surface area contributed by atoms with Gasteiger partial charge in [-0.2, -0.15) is 13.2 Å². The molecule has 0 aliphatic heterocycles. The summed E-state index contributed by atoms with van der Waals surface area (Å²) in [7, 11) is 0. The summed E-state index contributed by atoms with van der Waals surface area (Å²) in [6.07, 6.45) is 3.50. The van der Waals surface area contributed by atoms with Crippen molar-refractivity contribution in [1.29, 1.82) is 0 Å². The highest BCUT2D eigenvalue weighted by Gasteiger charge is 2.38. The summed E-state index contributed by atoms with van der Waals surface area (Å²) in [5, 5.41) is 0. The Kier molecular flexibility index (Phi) is 9.97. The number of unbranched alkanes of at least 4 members (excludes halogenated alkanes) is 3. The molecule has 1 rings (SSSR count). The third kappa shape index (κ3) is 9.95. The van der Waals surface area contributed by atoms with E-state index in [1.54, 1.807) is 13.0 Å². The molecule has 0 heterocycles. The fraction of sp³-hybridized carbons (Fsp3) is 0.550. The molecule has 0 aliphatic rings. The minimum absolute atomic E-state index is 0.152. The van der Waals surface area contributed by atoms with Gasteiger partial charge in [0.25, 0.3) is 5.90 Å². The van der Waals surface area contributed by atoms with Crippen molar-refractivity contribution in [1.82, 2.24) is 0 Å². The van der Waals surface area contributed by atoms with Gasteiger partial charge in [-0.1, -0.05) is 62.6 Å². The van der Waals surface area contributed by atoms with E-state index in [4.69, 9.17) is 4.74 Å². The fourth-order valence-electron chi connectivity index (χ4n) is 2.31. The molecule has 0 bridgehead atoms. The van der Waals surface area contributed by atoms with Crippen LogP contribution in [0.1, 0.15) is 51.5 Å². The number of alkyl halides is 3. The Labute approximate surface area is 148 Å². The molecule has 0 radical (unpaired) electrons. The molecule has 0 spiro atoms. The van der Waals surface area contributed by atoms with Crippen LogP contribution in [0.3, 0.4) is 0 Å². The van der Waals surface area contributed by atoms with Gasteiger partial charge in [-0.15, -0.1) is 0 Å². The maximum absolute atomic E-state index is 13.0. The van der Waals surface area contributed by atoms with Crippen LogP contribution in [0.15, 0.2) is 47.5 Å². The Hall–Kier alpha value is -1.78. The molecule has 25 heavy (non-hydrogen) atoms. The number of hydrogen-bond acceptors (Lipinski definition) is 2. The summed E-state index contributed by atoms with van der Waals surface area (Å²) in [5.41, 5.74) is 1.20. The topological polar surface area (TPSA) is 21.6 Å². The lowest BCUT2D eigenvalue weighted by Gasteiger charge is -2.15. The van der Waals surface area contributed by atoms with Crippen molar-refractivity contribution in [2.45, 2.75) is 64.7 Å². The Balaban J connectivity index is 2.44. The number of hydrogen-bond donors (Lipinski definition) is 0. The van der Waals surface area contributed by atoms with E-state index in [-0.39, 0.29) is 6.54 Å². The van der Waals surface area contributed by atoms with Crippen molar-refractivity contribution in [3.8, 4) is 0 Å². The van der Waals surface area contributed by atoms with Crippen LogP contribution in [-0.4, -0.2) is 24.7 Å². The van der Waals surface area contributed by atoms with Gasteiger partial charge in [-0.25, -0.2) is 4.99 Å². The minimum Gasteiger partial charge on any atom is -0.467 e. The van der Waals surface area contributed by atoms with E-state index in [0.29, 0.717) is 6.42 Å². The van der Waals surface area contributed by atoms with Crippen LogP contribution in [-0.2, 0) is 11.2 Å². The van der Waals surface area contributed by atoms with Crippen LogP contribution in [0.5, 0.6) is 0 Å². The number of aliphatic imine (C=N–C) groups is 1. The van der Waals surface area contributed by atoms with Crippen molar-refractivity contribution < 1.29 is 17.9 Å². The lowest BCUT2D eigenvalue weighted by molar-refractivity contribution is -0.0808. The lowest BCUT2D eigenvalue weighted by atomic mass is 10.1. The predicted molar refractivity (Wildman–Crippen MR) is 96.9 cm³/mol. The van der Waals surface area contributed by atoms with Gasteiger partial charge in [-0.3, -0.25) is 0 Å². The average Bonchev–Trinajstić information content (AvgIpc) is 2.57. The molecule has 0 amide bonds. The van der Waals surface area contributed by atoms with Gasteiger partial charge in [0.1, 0.15) is 6.10 Å². The Bertz CT molecular complexity index is 523. The van der Waals surface area contributed by atoms with Crippen molar-refractivity contribution in [2.24, 2.45) is 4.99 Å². The van der Waals surface area contributed by atoms with Gasteiger partial charge < -0.3 is 4.74 Å². The van der Waals surface area contributed by atoms with Crippen molar-refractivity contribution in [2.75, 3.05) is 6.54 Å². The first kappa shape index (κ1) is 21.3. The van der Waals surface area contributed by atoms with Gasteiger partial charge in [0, 0.05) is 6.54 Å². The molecule has 140 valence electrons. The molecule has 5 heteroatoms. The molecule has 0 aromatic heterocycles. The monoisotopic (exact) mass is 355 g/mol. The molecule has 0 saturated carbocycles. The molecule has 0 fully saturated rings. The number of aryl methyl sites for hydroxylation is 1. The van der Waals surface area contributed by atoms with Crippen molar-refractivity contribution >= 4 is 5.90 Å². The van der Waals surface area contributed by atoms with E-state index < -0.39 is 18.2 Å². The molecule has 1 atom stereocenters. The Morgan fingerprint density at radius 2 is 1.88 bits per heavy atom. The van der Waals surface area contributed by atoms with Crippen LogP contribution < -0.4 is 0 Å². The summed E-state index contributed by atoms with van der Waals surface area (Å²) in [5.74, 6) is -1.12. The molecule has 1 unspecified atom stereocenters. The standard InChI is InChI=1S/C20H28F3NO/c1-3-4-5-11-16-24-19(20(21,22)23)25-17(2)12-9-10-15-18-13-7-6-8-14-18/h6-9,12-14,17H,3-5,10-11,15-16H2,1-2H3/b12-9+,24-19?. The van der Waals surface area contributed by atoms with Crippen LogP contribution >= 0.6 is 0 Å². The first-order valence-electron chi connectivity index (χ1n) is 8.92. The first-order chi connectivity index (χ1) is 11.9. The number of rotatable bonds is 10. The van der Waals surface area contributed by atoms with Gasteiger partial charge in [0.15, 0.2) is 0 Å². The Morgan fingerprint density at radius 3 is 2.52 bits per heavy atom. The maximum atomic E-state index is 13.0. The molecular formula is C20H28F3NO. The average molecular weight is 355 g/mol. The summed E-state index contributed by atoms with van der Waals surface area (Å²) >= 11 is 0. The third-order valence-corrected chi connectivity index (χ3v) is 3.66. The zero-order valence-electron chi connectivity index (χ0n) is 15.1. The molecule has 2 nitrogen and oxygen atoms in total. The second kappa shape index (κ2) is 11.7. The zero-order chi connectivity index (χ0) is 18.5. The summed E-state index contributed by atoms with van der Waals surface area (Å²) in [6.45, 7) is 3.80. The normalized spacial score (nSPS) is 14.0. The quantitative estimate of drug-likeness (QED) is 0.214. The van der Waals surface area contributed by atoms with Crippen LogP contribution in [0.25, 0.3) is 0 Å². The summed E-state index contributed by atoms with van der Waals surface area (Å²) < 4.78 is 44.0. The number of halogens is 3. The number of ether oxygens (including phenoxy) is 1. The van der Waals surface area contributed by atoms with E-state index in [2.05, 4.69) is 11.9 Å². The molecule has 1 aromatic rings. The molecular weight excluding hydrogens is 327 g/mol. The second-order valence-electron chi connectivity index (χ2n) is 6.02. The van der Waals surface area contributed by atoms with Crippen LogP contribution in [0, 0.1) is 0 Å². The lowest BCUT2D eigenvalue weighted by Crippen LogP contribution is -2.29. The minimum atomic E-state index is -4.54. The van der Waals surface area contributed by atoms with Crippen LogP contribution in [0.4, 0.5) is 13.2 Å². The molecule has 0 aliphatic carbocycles. The fourth-order valence-corrected chi connectivity index (χ4v) is 2.31. The van der Waals surface area contributed by atoms with Gasteiger partial charge in [0.05, 0.1) is 0 Å². The van der Waals surface area contributed by atoms with E-state index in [9.17, 15) is 13.2 Å². The second-order valence-corrected chi connectivity index (χ2v) is 6.02. The smallest absolute Gasteiger partial charge is 0.467 e. The molecule has 1 aromatic carbocycles. The Morgan fingerprint density at radius 1 is 1.16 bits per heavy atom. The van der Waals surface area contributed by atoms with Gasteiger partial charge in [-0.05, 0) is 37.8 Å². The van der Waals surface area contributed by atoms with Gasteiger partial charge in [0.2, 0.25) is 0 Å². The SMILES string of the molecule is CCCCCCN=C(OC(C)/C=C/CCc1ccccc1)C(F)(F)F. The maximum Gasteiger partial charge on any atom is 0.468 e. The molecule has 0 N–H and O–H groups in total.